The fourth-order valence-electron chi connectivity index (χ4n) is 0.986. The van der Waals surface area contributed by atoms with Crippen LogP contribution in [0.2, 0.25) is 5.02 Å². The predicted octanol–water partition coefficient (Wildman–Crippen LogP) is 1.99. The van der Waals surface area contributed by atoms with Crippen LogP contribution in [0.4, 0.5) is 0 Å². The van der Waals surface area contributed by atoms with E-state index in [-0.39, 0.29) is 6.04 Å². The van der Waals surface area contributed by atoms with Gasteiger partial charge < -0.3 is 10.5 Å². The van der Waals surface area contributed by atoms with Crippen molar-refractivity contribution in [2.24, 2.45) is 5.73 Å². The number of halogens is 1. The van der Waals surface area contributed by atoms with E-state index in [9.17, 15) is 0 Å². The van der Waals surface area contributed by atoms with Crippen LogP contribution in [0.5, 0.6) is 0 Å². The molecule has 12 heavy (non-hydrogen) atoms. The Hall–Kier alpha value is -0.570. The first-order valence-electron chi connectivity index (χ1n) is 3.74. The zero-order chi connectivity index (χ0) is 8.97. The molecule has 1 atom stereocenters. The van der Waals surface area contributed by atoms with E-state index < -0.39 is 0 Å². The van der Waals surface area contributed by atoms with E-state index in [0.717, 1.165) is 10.6 Å². The molecule has 1 rings (SSSR count). The highest BCUT2D eigenvalue weighted by Gasteiger charge is 2.03. The molecule has 0 spiro atoms. The van der Waals surface area contributed by atoms with Gasteiger partial charge in [0.05, 0.1) is 12.6 Å². The Labute approximate surface area is 77.3 Å². The van der Waals surface area contributed by atoms with Gasteiger partial charge in [0.15, 0.2) is 0 Å². The smallest absolute Gasteiger partial charge is 0.0655 e. The third-order valence-electron chi connectivity index (χ3n) is 1.64. The Kier molecular flexibility index (Phi) is 3.53. The number of rotatable bonds is 3. The van der Waals surface area contributed by atoms with Gasteiger partial charge in [-0.25, -0.2) is 0 Å². The van der Waals surface area contributed by atoms with Crippen molar-refractivity contribution in [2.45, 2.75) is 6.04 Å². The third-order valence-corrected chi connectivity index (χ3v) is 1.90. The zero-order valence-electron chi connectivity index (χ0n) is 6.96. The summed E-state index contributed by atoms with van der Waals surface area (Å²) >= 11 is 5.72. The molecule has 0 saturated carbocycles. The second-order valence-corrected chi connectivity index (χ2v) is 3.05. The lowest BCUT2D eigenvalue weighted by Crippen LogP contribution is -2.15. The van der Waals surface area contributed by atoms with Crippen LogP contribution in [0.1, 0.15) is 11.6 Å². The van der Waals surface area contributed by atoms with Gasteiger partial charge in [-0.05, 0) is 17.7 Å². The summed E-state index contributed by atoms with van der Waals surface area (Å²) in [6, 6.07) is 7.41. The van der Waals surface area contributed by atoms with E-state index in [0.29, 0.717) is 6.61 Å². The van der Waals surface area contributed by atoms with Crippen molar-refractivity contribution in [1.82, 2.24) is 0 Å². The lowest BCUT2D eigenvalue weighted by atomic mass is 10.1. The van der Waals surface area contributed by atoms with Crippen LogP contribution in [-0.2, 0) is 4.74 Å². The van der Waals surface area contributed by atoms with Crippen LogP contribution in [0.15, 0.2) is 24.3 Å². The molecule has 3 heteroatoms. The van der Waals surface area contributed by atoms with Gasteiger partial charge in [-0.2, -0.15) is 0 Å². The van der Waals surface area contributed by atoms with E-state index in [2.05, 4.69) is 0 Å². The first-order valence-corrected chi connectivity index (χ1v) is 4.12. The number of benzene rings is 1. The number of ether oxygens (including phenoxy) is 1. The van der Waals surface area contributed by atoms with Crippen LogP contribution < -0.4 is 5.73 Å². The summed E-state index contributed by atoms with van der Waals surface area (Å²) in [5.74, 6) is 0. The highest BCUT2D eigenvalue weighted by atomic mass is 35.5. The highest BCUT2D eigenvalue weighted by Crippen LogP contribution is 2.14. The average Bonchev–Trinajstić information content (AvgIpc) is 2.06. The van der Waals surface area contributed by atoms with Gasteiger partial charge in [0.1, 0.15) is 0 Å². The van der Waals surface area contributed by atoms with Crippen molar-refractivity contribution in [3.05, 3.63) is 34.9 Å². The molecule has 0 aliphatic rings. The number of hydrogen-bond acceptors (Lipinski definition) is 2. The SMILES string of the molecule is COC[C@H](N)c1ccc(Cl)cc1. The summed E-state index contributed by atoms with van der Waals surface area (Å²) in [6.45, 7) is 0.529. The van der Waals surface area contributed by atoms with Crippen LogP contribution in [0, 0.1) is 0 Å². The van der Waals surface area contributed by atoms with Crippen LogP contribution in [-0.4, -0.2) is 13.7 Å². The van der Waals surface area contributed by atoms with Crippen molar-refractivity contribution in [2.75, 3.05) is 13.7 Å². The fraction of sp³-hybridized carbons (Fsp3) is 0.333. The minimum atomic E-state index is -0.0627. The third kappa shape index (κ3) is 2.48. The van der Waals surface area contributed by atoms with Crippen molar-refractivity contribution in [3.8, 4) is 0 Å². The molecule has 0 unspecified atom stereocenters. The summed E-state index contributed by atoms with van der Waals surface area (Å²) in [4.78, 5) is 0. The molecule has 0 heterocycles. The Morgan fingerprint density at radius 3 is 2.50 bits per heavy atom. The molecular formula is C9H12ClNO. The molecule has 66 valence electrons. The largest absolute Gasteiger partial charge is 0.383 e. The Balaban J connectivity index is 2.68. The van der Waals surface area contributed by atoms with E-state index in [4.69, 9.17) is 22.1 Å². The zero-order valence-corrected chi connectivity index (χ0v) is 7.71. The Morgan fingerprint density at radius 2 is 2.00 bits per heavy atom. The van der Waals surface area contributed by atoms with Gasteiger partial charge in [0, 0.05) is 12.1 Å². The minimum absolute atomic E-state index is 0.0627. The van der Waals surface area contributed by atoms with Crippen LogP contribution in [0.3, 0.4) is 0 Å². The van der Waals surface area contributed by atoms with Crippen molar-refractivity contribution < 1.29 is 4.74 Å². The summed E-state index contributed by atoms with van der Waals surface area (Å²) in [5, 5.41) is 0.725. The molecule has 0 radical (unpaired) electrons. The molecule has 2 nitrogen and oxygen atoms in total. The molecule has 0 fully saturated rings. The number of methoxy groups -OCH3 is 1. The normalized spacial score (nSPS) is 12.9. The second-order valence-electron chi connectivity index (χ2n) is 2.61. The van der Waals surface area contributed by atoms with Gasteiger partial charge in [0.25, 0.3) is 0 Å². The number of nitrogens with two attached hydrogens (primary N) is 1. The van der Waals surface area contributed by atoms with Crippen molar-refractivity contribution in [1.29, 1.82) is 0 Å². The average molecular weight is 186 g/mol. The van der Waals surface area contributed by atoms with E-state index in [1.54, 1.807) is 7.11 Å². The van der Waals surface area contributed by atoms with Crippen molar-refractivity contribution >= 4 is 11.6 Å². The first kappa shape index (κ1) is 9.52. The minimum Gasteiger partial charge on any atom is -0.383 e. The standard InChI is InChI=1S/C9H12ClNO/c1-12-6-9(11)7-2-4-8(10)5-3-7/h2-5,9H,6,11H2,1H3/t9-/m0/s1. The second kappa shape index (κ2) is 4.45. The van der Waals surface area contributed by atoms with Crippen LogP contribution >= 0.6 is 11.6 Å². The van der Waals surface area contributed by atoms with E-state index in [1.165, 1.54) is 0 Å². The van der Waals surface area contributed by atoms with Gasteiger partial charge >= 0.3 is 0 Å². The first-order chi connectivity index (χ1) is 5.74. The molecular weight excluding hydrogens is 174 g/mol. The molecule has 2 N–H and O–H groups in total. The molecule has 0 saturated heterocycles. The van der Waals surface area contributed by atoms with Gasteiger partial charge in [-0.15, -0.1) is 0 Å². The topological polar surface area (TPSA) is 35.2 Å². The summed E-state index contributed by atoms with van der Waals surface area (Å²) in [5.41, 5.74) is 6.83. The fourth-order valence-corrected chi connectivity index (χ4v) is 1.11. The number of hydrogen-bond donors (Lipinski definition) is 1. The Bertz CT molecular complexity index is 235. The molecule has 0 bridgehead atoms. The summed E-state index contributed by atoms with van der Waals surface area (Å²) in [6.07, 6.45) is 0. The molecule has 0 aliphatic carbocycles. The lowest BCUT2D eigenvalue weighted by Gasteiger charge is -2.09. The van der Waals surface area contributed by atoms with Gasteiger partial charge in [-0.1, -0.05) is 23.7 Å². The maximum atomic E-state index is 5.79. The molecule has 1 aromatic carbocycles. The van der Waals surface area contributed by atoms with Gasteiger partial charge in [-0.3, -0.25) is 0 Å². The van der Waals surface area contributed by atoms with Crippen LogP contribution in [0.25, 0.3) is 0 Å². The van der Waals surface area contributed by atoms with E-state index >= 15 is 0 Å². The monoisotopic (exact) mass is 185 g/mol. The summed E-state index contributed by atoms with van der Waals surface area (Å²) < 4.78 is 4.93. The van der Waals surface area contributed by atoms with E-state index in [1.807, 2.05) is 24.3 Å². The molecule has 0 amide bonds. The van der Waals surface area contributed by atoms with Gasteiger partial charge in [0.2, 0.25) is 0 Å². The molecule has 0 aliphatic heterocycles. The highest BCUT2D eigenvalue weighted by molar-refractivity contribution is 6.30. The van der Waals surface area contributed by atoms with Crippen molar-refractivity contribution in [3.63, 3.8) is 0 Å². The predicted molar refractivity (Wildman–Crippen MR) is 50.3 cm³/mol. The quantitative estimate of drug-likeness (QED) is 0.782. The summed E-state index contributed by atoms with van der Waals surface area (Å²) in [7, 11) is 1.63. The Morgan fingerprint density at radius 1 is 1.42 bits per heavy atom. The maximum Gasteiger partial charge on any atom is 0.0655 e. The molecule has 0 aromatic heterocycles. The maximum absolute atomic E-state index is 5.79. The molecule has 1 aromatic rings. The lowest BCUT2D eigenvalue weighted by molar-refractivity contribution is 0.181.